The topological polar surface area (TPSA) is 28.6 Å². The molecule has 1 unspecified atom stereocenters. The molecule has 0 saturated carbocycles. The van der Waals surface area contributed by atoms with E-state index in [1.54, 1.807) is 0 Å². The van der Waals surface area contributed by atoms with Crippen LogP contribution in [-0.2, 0) is 4.74 Å². The van der Waals surface area contributed by atoms with Crippen molar-refractivity contribution in [2.45, 2.75) is 32.2 Å². The van der Waals surface area contributed by atoms with E-state index in [-0.39, 0.29) is 0 Å². The van der Waals surface area contributed by atoms with E-state index >= 15 is 0 Å². The lowest BCUT2D eigenvalue weighted by atomic mass is 9.96. The number of likely N-dealkylation sites (tertiary alicyclic amines) is 1. The smallest absolute Gasteiger partial charge is 0.128 e. The van der Waals surface area contributed by atoms with Crippen LogP contribution in [0.25, 0.3) is 0 Å². The summed E-state index contributed by atoms with van der Waals surface area (Å²) >= 11 is 0. The minimum atomic E-state index is 0.569. The molecule has 4 nitrogen and oxygen atoms in total. The van der Waals surface area contributed by atoms with Gasteiger partial charge in [-0.15, -0.1) is 0 Å². The molecule has 1 aromatic rings. The first-order valence-electron chi connectivity index (χ1n) is 7.91. The molecule has 2 fully saturated rings. The minimum absolute atomic E-state index is 0.569. The van der Waals surface area contributed by atoms with Crippen LogP contribution in [0, 0.1) is 0 Å². The Bertz CT molecular complexity index is 414. The molecule has 0 N–H and O–H groups in total. The molecule has 0 spiro atoms. The van der Waals surface area contributed by atoms with Gasteiger partial charge in [-0.3, -0.25) is 4.90 Å². The molecular formula is C16H25N3O. The second-order valence-electron chi connectivity index (χ2n) is 5.69. The third-order valence-electron chi connectivity index (χ3n) is 4.51. The SMILES string of the molecule is CCN1CCCCC1c1ccc(N2CCOCC2)nc1. The molecule has 0 amide bonds. The van der Waals surface area contributed by atoms with Crippen LogP contribution < -0.4 is 4.90 Å². The maximum atomic E-state index is 5.39. The van der Waals surface area contributed by atoms with Crippen molar-refractivity contribution in [1.82, 2.24) is 9.88 Å². The van der Waals surface area contributed by atoms with E-state index in [1.165, 1.54) is 31.4 Å². The van der Waals surface area contributed by atoms with Gasteiger partial charge in [-0.1, -0.05) is 19.4 Å². The molecule has 3 heterocycles. The van der Waals surface area contributed by atoms with E-state index in [2.05, 4.69) is 35.1 Å². The average molecular weight is 275 g/mol. The van der Waals surface area contributed by atoms with Gasteiger partial charge in [0, 0.05) is 25.3 Å². The highest BCUT2D eigenvalue weighted by atomic mass is 16.5. The maximum absolute atomic E-state index is 5.39. The van der Waals surface area contributed by atoms with E-state index in [0.717, 1.165) is 38.7 Å². The summed E-state index contributed by atoms with van der Waals surface area (Å²) < 4.78 is 5.39. The van der Waals surface area contributed by atoms with Gasteiger partial charge in [-0.05, 0) is 37.6 Å². The highest BCUT2D eigenvalue weighted by Gasteiger charge is 2.23. The minimum Gasteiger partial charge on any atom is -0.378 e. The molecule has 0 aromatic carbocycles. The van der Waals surface area contributed by atoms with Crippen LogP contribution in [0.3, 0.4) is 0 Å². The number of ether oxygens (including phenoxy) is 1. The second kappa shape index (κ2) is 6.55. The number of morpholine rings is 1. The van der Waals surface area contributed by atoms with Crippen LogP contribution in [0.5, 0.6) is 0 Å². The lowest BCUT2D eigenvalue weighted by molar-refractivity contribution is 0.122. The summed E-state index contributed by atoms with van der Waals surface area (Å²) in [4.78, 5) is 9.58. The maximum Gasteiger partial charge on any atom is 0.128 e. The summed E-state index contributed by atoms with van der Waals surface area (Å²) in [5.41, 5.74) is 1.38. The van der Waals surface area contributed by atoms with Gasteiger partial charge in [0.2, 0.25) is 0 Å². The monoisotopic (exact) mass is 275 g/mol. The molecule has 4 heteroatoms. The highest BCUT2D eigenvalue weighted by molar-refractivity contribution is 5.40. The largest absolute Gasteiger partial charge is 0.378 e. The number of pyridine rings is 1. The van der Waals surface area contributed by atoms with Gasteiger partial charge in [0.15, 0.2) is 0 Å². The number of rotatable bonds is 3. The molecule has 1 aromatic heterocycles. The van der Waals surface area contributed by atoms with Gasteiger partial charge in [0.05, 0.1) is 13.2 Å². The van der Waals surface area contributed by atoms with Crippen LogP contribution in [-0.4, -0.2) is 49.3 Å². The number of aromatic nitrogens is 1. The Hall–Kier alpha value is -1.13. The van der Waals surface area contributed by atoms with Gasteiger partial charge in [-0.2, -0.15) is 0 Å². The van der Waals surface area contributed by atoms with E-state index in [1.807, 2.05) is 0 Å². The van der Waals surface area contributed by atoms with Gasteiger partial charge >= 0.3 is 0 Å². The van der Waals surface area contributed by atoms with Crippen molar-refractivity contribution in [3.8, 4) is 0 Å². The zero-order valence-electron chi connectivity index (χ0n) is 12.4. The Morgan fingerprint density at radius 2 is 2.05 bits per heavy atom. The van der Waals surface area contributed by atoms with E-state index in [4.69, 9.17) is 9.72 Å². The van der Waals surface area contributed by atoms with Crippen LogP contribution in [0.15, 0.2) is 18.3 Å². The summed E-state index contributed by atoms with van der Waals surface area (Å²) in [7, 11) is 0. The lowest BCUT2D eigenvalue weighted by Crippen LogP contribution is -2.37. The first-order valence-corrected chi connectivity index (χ1v) is 7.91. The Kier molecular flexibility index (Phi) is 4.53. The predicted molar refractivity (Wildman–Crippen MR) is 81.1 cm³/mol. The van der Waals surface area contributed by atoms with Crippen molar-refractivity contribution in [3.63, 3.8) is 0 Å². The average Bonchev–Trinajstić information content (AvgIpc) is 2.56. The van der Waals surface area contributed by atoms with Crippen molar-refractivity contribution >= 4 is 5.82 Å². The summed E-state index contributed by atoms with van der Waals surface area (Å²) in [6.07, 6.45) is 6.03. The quantitative estimate of drug-likeness (QED) is 0.847. The van der Waals surface area contributed by atoms with Gasteiger partial charge in [0.1, 0.15) is 5.82 Å². The Balaban J connectivity index is 1.71. The van der Waals surface area contributed by atoms with Crippen molar-refractivity contribution in [1.29, 1.82) is 0 Å². The van der Waals surface area contributed by atoms with Gasteiger partial charge < -0.3 is 9.64 Å². The molecule has 2 saturated heterocycles. The molecule has 2 aliphatic rings. The third kappa shape index (κ3) is 2.96. The van der Waals surface area contributed by atoms with Crippen LogP contribution in [0.1, 0.15) is 37.8 Å². The summed E-state index contributed by atoms with van der Waals surface area (Å²) in [5.74, 6) is 1.09. The summed E-state index contributed by atoms with van der Waals surface area (Å²) in [6, 6.07) is 5.03. The van der Waals surface area contributed by atoms with Gasteiger partial charge in [0.25, 0.3) is 0 Å². The predicted octanol–water partition coefficient (Wildman–Crippen LogP) is 2.47. The first-order chi connectivity index (χ1) is 9.88. The van der Waals surface area contributed by atoms with E-state index in [9.17, 15) is 0 Å². The fourth-order valence-corrected chi connectivity index (χ4v) is 3.32. The molecule has 0 aliphatic carbocycles. The molecule has 1 atom stereocenters. The van der Waals surface area contributed by atoms with Crippen LogP contribution in [0.4, 0.5) is 5.82 Å². The van der Waals surface area contributed by atoms with E-state index < -0.39 is 0 Å². The molecule has 20 heavy (non-hydrogen) atoms. The molecular weight excluding hydrogens is 250 g/mol. The zero-order valence-corrected chi connectivity index (χ0v) is 12.4. The number of hydrogen-bond donors (Lipinski definition) is 0. The van der Waals surface area contributed by atoms with Crippen molar-refractivity contribution < 1.29 is 4.74 Å². The zero-order chi connectivity index (χ0) is 13.8. The number of anilines is 1. The Labute approximate surface area is 121 Å². The third-order valence-corrected chi connectivity index (χ3v) is 4.51. The summed E-state index contributed by atoms with van der Waals surface area (Å²) in [6.45, 7) is 8.16. The molecule has 0 bridgehead atoms. The molecule has 2 aliphatic heterocycles. The number of piperidine rings is 1. The number of hydrogen-bond acceptors (Lipinski definition) is 4. The fraction of sp³-hybridized carbons (Fsp3) is 0.688. The lowest BCUT2D eigenvalue weighted by Gasteiger charge is -2.35. The van der Waals surface area contributed by atoms with Crippen LogP contribution >= 0.6 is 0 Å². The fourth-order valence-electron chi connectivity index (χ4n) is 3.32. The van der Waals surface area contributed by atoms with Gasteiger partial charge in [-0.25, -0.2) is 4.98 Å². The second-order valence-corrected chi connectivity index (χ2v) is 5.69. The Morgan fingerprint density at radius 3 is 2.75 bits per heavy atom. The highest BCUT2D eigenvalue weighted by Crippen LogP contribution is 2.30. The normalized spacial score (nSPS) is 24.9. The Morgan fingerprint density at radius 1 is 1.20 bits per heavy atom. The van der Waals surface area contributed by atoms with Crippen molar-refractivity contribution in [2.24, 2.45) is 0 Å². The standard InChI is InChI=1S/C16H25N3O/c1-2-18-8-4-3-5-15(18)14-6-7-16(17-13-14)19-9-11-20-12-10-19/h6-7,13,15H,2-5,8-12H2,1H3. The molecule has 3 rings (SSSR count). The summed E-state index contributed by atoms with van der Waals surface area (Å²) in [5, 5.41) is 0. The number of nitrogens with zero attached hydrogens (tertiary/aromatic N) is 3. The van der Waals surface area contributed by atoms with Crippen molar-refractivity contribution in [2.75, 3.05) is 44.3 Å². The molecule has 0 radical (unpaired) electrons. The van der Waals surface area contributed by atoms with E-state index in [0.29, 0.717) is 6.04 Å². The van der Waals surface area contributed by atoms with Crippen molar-refractivity contribution in [3.05, 3.63) is 23.9 Å². The van der Waals surface area contributed by atoms with Crippen LogP contribution in [0.2, 0.25) is 0 Å². The molecule has 110 valence electrons. The first kappa shape index (κ1) is 13.8.